The summed E-state index contributed by atoms with van der Waals surface area (Å²) >= 11 is 0. The number of aromatic nitrogens is 2. The molecule has 23 heavy (non-hydrogen) atoms. The molecule has 5 heteroatoms. The van der Waals surface area contributed by atoms with Crippen molar-refractivity contribution in [2.24, 2.45) is 0 Å². The maximum atomic E-state index is 8.88. The summed E-state index contributed by atoms with van der Waals surface area (Å²) in [5.41, 5.74) is 3.11. The zero-order valence-corrected chi connectivity index (χ0v) is 13.7. The van der Waals surface area contributed by atoms with Crippen LogP contribution in [-0.2, 0) is 13.1 Å². The van der Waals surface area contributed by atoms with Crippen molar-refractivity contribution >= 4 is 0 Å². The standard InChI is InChI=1S/C18H23N5/c1-14-10-22(15(2)8-21-14)12-18-9-20-13-23(18)11-17-5-3-16(7-19)4-6-17/h3-6,9,13-15,21H,8,10-12H2,1-2H3/t14-,15+/m1/s1. The van der Waals surface area contributed by atoms with Crippen LogP contribution < -0.4 is 5.32 Å². The molecule has 2 heterocycles. The highest BCUT2D eigenvalue weighted by Gasteiger charge is 2.23. The molecule has 1 aliphatic rings. The Kier molecular flexibility index (Phi) is 4.75. The molecular formula is C18H23N5. The van der Waals surface area contributed by atoms with E-state index < -0.39 is 0 Å². The van der Waals surface area contributed by atoms with E-state index in [1.807, 2.05) is 36.8 Å². The second-order valence-electron chi connectivity index (χ2n) is 6.41. The lowest BCUT2D eigenvalue weighted by molar-refractivity contribution is 0.136. The number of imidazole rings is 1. The molecule has 0 saturated carbocycles. The highest BCUT2D eigenvalue weighted by molar-refractivity contribution is 5.31. The molecule has 1 N–H and O–H groups in total. The molecule has 0 bridgehead atoms. The van der Waals surface area contributed by atoms with Crippen LogP contribution in [0.2, 0.25) is 0 Å². The van der Waals surface area contributed by atoms with Crippen molar-refractivity contribution in [1.82, 2.24) is 19.8 Å². The summed E-state index contributed by atoms with van der Waals surface area (Å²) in [5.74, 6) is 0. The van der Waals surface area contributed by atoms with Crippen LogP contribution in [0.5, 0.6) is 0 Å². The molecule has 0 spiro atoms. The van der Waals surface area contributed by atoms with Gasteiger partial charge in [0, 0.05) is 44.5 Å². The SMILES string of the molecule is C[C@@H]1CN(Cc2cncn2Cc2ccc(C#N)cc2)[C@@H](C)CN1. The summed E-state index contributed by atoms with van der Waals surface area (Å²) in [5, 5.41) is 12.4. The lowest BCUT2D eigenvalue weighted by Crippen LogP contribution is -2.53. The predicted octanol–water partition coefficient (Wildman–Crippen LogP) is 1.99. The molecule has 2 aromatic rings. The van der Waals surface area contributed by atoms with Gasteiger partial charge >= 0.3 is 0 Å². The van der Waals surface area contributed by atoms with Crippen LogP contribution in [0.3, 0.4) is 0 Å². The fourth-order valence-electron chi connectivity index (χ4n) is 3.03. The van der Waals surface area contributed by atoms with Gasteiger partial charge in [-0.25, -0.2) is 4.98 Å². The van der Waals surface area contributed by atoms with Gasteiger partial charge in [0.1, 0.15) is 0 Å². The molecule has 1 fully saturated rings. The van der Waals surface area contributed by atoms with Gasteiger partial charge in [0.2, 0.25) is 0 Å². The minimum atomic E-state index is 0.529. The molecule has 120 valence electrons. The van der Waals surface area contributed by atoms with Gasteiger partial charge in [-0.05, 0) is 31.5 Å². The van der Waals surface area contributed by atoms with Gasteiger partial charge in [-0.1, -0.05) is 12.1 Å². The van der Waals surface area contributed by atoms with Crippen molar-refractivity contribution in [3.8, 4) is 6.07 Å². The molecule has 1 aliphatic heterocycles. The summed E-state index contributed by atoms with van der Waals surface area (Å²) in [6, 6.07) is 11.0. The summed E-state index contributed by atoms with van der Waals surface area (Å²) in [7, 11) is 0. The second kappa shape index (κ2) is 6.95. The quantitative estimate of drug-likeness (QED) is 0.938. The third-order valence-corrected chi connectivity index (χ3v) is 4.49. The first-order valence-electron chi connectivity index (χ1n) is 8.11. The minimum absolute atomic E-state index is 0.529. The summed E-state index contributed by atoms with van der Waals surface area (Å²) in [6.07, 6.45) is 3.85. The topological polar surface area (TPSA) is 56.9 Å². The van der Waals surface area contributed by atoms with Crippen molar-refractivity contribution in [3.05, 3.63) is 53.6 Å². The van der Waals surface area contributed by atoms with Gasteiger partial charge < -0.3 is 9.88 Å². The zero-order chi connectivity index (χ0) is 16.2. The van der Waals surface area contributed by atoms with Crippen molar-refractivity contribution < 1.29 is 0 Å². The molecule has 3 rings (SSSR count). The van der Waals surface area contributed by atoms with Crippen molar-refractivity contribution in [3.63, 3.8) is 0 Å². The Labute approximate surface area is 137 Å². The Balaban J connectivity index is 1.70. The van der Waals surface area contributed by atoms with E-state index in [1.165, 1.54) is 11.3 Å². The first-order valence-corrected chi connectivity index (χ1v) is 8.11. The molecule has 0 aliphatic carbocycles. The summed E-state index contributed by atoms with van der Waals surface area (Å²) < 4.78 is 2.20. The van der Waals surface area contributed by atoms with E-state index in [4.69, 9.17) is 5.26 Å². The average molecular weight is 309 g/mol. The van der Waals surface area contributed by atoms with Gasteiger partial charge in [0.15, 0.2) is 0 Å². The third-order valence-electron chi connectivity index (χ3n) is 4.49. The lowest BCUT2D eigenvalue weighted by atomic mass is 10.1. The van der Waals surface area contributed by atoms with Crippen LogP contribution in [0.25, 0.3) is 0 Å². The minimum Gasteiger partial charge on any atom is -0.329 e. The molecule has 1 aromatic heterocycles. The lowest BCUT2D eigenvalue weighted by Gasteiger charge is -2.37. The zero-order valence-electron chi connectivity index (χ0n) is 13.7. The van der Waals surface area contributed by atoms with E-state index in [2.05, 4.69) is 39.7 Å². The fraction of sp³-hybridized carbons (Fsp3) is 0.444. The monoisotopic (exact) mass is 309 g/mol. The van der Waals surface area contributed by atoms with Gasteiger partial charge in [0.05, 0.1) is 23.7 Å². The second-order valence-corrected chi connectivity index (χ2v) is 6.41. The van der Waals surface area contributed by atoms with E-state index in [1.54, 1.807) is 0 Å². The molecule has 1 saturated heterocycles. The maximum Gasteiger partial charge on any atom is 0.0991 e. The van der Waals surface area contributed by atoms with Crippen LogP contribution in [0, 0.1) is 11.3 Å². The van der Waals surface area contributed by atoms with E-state index in [0.717, 1.165) is 26.2 Å². The molecule has 0 amide bonds. The largest absolute Gasteiger partial charge is 0.329 e. The first-order chi connectivity index (χ1) is 11.2. The number of piperazine rings is 1. The van der Waals surface area contributed by atoms with Gasteiger partial charge in [0.25, 0.3) is 0 Å². The number of nitriles is 1. The number of nitrogens with one attached hydrogen (secondary N) is 1. The fourth-order valence-corrected chi connectivity index (χ4v) is 3.03. The normalized spacial score (nSPS) is 22.0. The number of hydrogen-bond donors (Lipinski definition) is 1. The van der Waals surface area contributed by atoms with Crippen LogP contribution in [0.15, 0.2) is 36.8 Å². The summed E-state index contributed by atoms with van der Waals surface area (Å²) in [6.45, 7) is 8.29. The number of hydrogen-bond acceptors (Lipinski definition) is 4. The van der Waals surface area contributed by atoms with Crippen molar-refractivity contribution in [1.29, 1.82) is 5.26 Å². The van der Waals surface area contributed by atoms with Gasteiger partial charge in [-0.2, -0.15) is 5.26 Å². The third kappa shape index (κ3) is 3.79. The molecular weight excluding hydrogens is 286 g/mol. The van der Waals surface area contributed by atoms with Crippen LogP contribution >= 0.6 is 0 Å². The smallest absolute Gasteiger partial charge is 0.0991 e. The number of rotatable bonds is 4. The van der Waals surface area contributed by atoms with Crippen LogP contribution in [0.1, 0.15) is 30.7 Å². The van der Waals surface area contributed by atoms with Crippen molar-refractivity contribution in [2.75, 3.05) is 13.1 Å². The van der Waals surface area contributed by atoms with Crippen LogP contribution in [0.4, 0.5) is 0 Å². The highest BCUT2D eigenvalue weighted by atomic mass is 15.2. The van der Waals surface area contributed by atoms with E-state index in [9.17, 15) is 0 Å². The molecule has 0 radical (unpaired) electrons. The van der Waals surface area contributed by atoms with E-state index in [0.29, 0.717) is 17.6 Å². The Bertz CT molecular complexity index is 682. The molecule has 5 nitrogen and oxygen atoms in total. The molecule has 0 unspecified atom stereocenters. The van der Waals surface area contributed by atoms with E-state index in [-0.39, 0.29) is 0 Å². The highest BCUT2D eigenvalue weighted by Crippen LogP contribution is 2.14. The van der Waals surface area contributed by atoms with Gasteiger partial charge in [-0.3, -0.25) is 4.90 Å². The average Bonchev–Trinajstić information content (AvgIpc) is 2.99. The van der Waals surface area contributed by atoms with E-state index >= 15 is 0 Å². The van der Waals surface area contributed by atoms with Gasteiger partial charge in [-0.15, -0.1) is 0 Å². The number of benzene rings is 1. The maximum absolute atomic E-state index is 8.88. The first kappa shape index (κ1) is 15.7. The predicted molar refractivity (Wildman–Crippen MR) is 89.8 cm³/mol. The van der Waals surface area contributed by atoms with Crippen LogP contribution in [-0.4, -0.2) is 39.6 Å². The Morgan fingerprint density at radius 1 is 1.26 bits per heavy atom. The Morgan fingerprint density at radius 3 is 2.78 bits per heavy atom. The molecule has 1 aromatic carbocycles. The Hall–Kier alpha value is -2.16. The number of nitrogens with zero attached hydrogens (tertiary/aromatic N) is 4. The Morgan fingerprint density at radius 2 is 2.04 bits per heavy atom. The molecule has 2 atom stereocenters. The summed E-state index contributed by atoms with van der Waals surface area (Å²) in [4.78, 5) is 6.84. The van der Waals surface area contributed by atoms with Crippen molar-refractivity contribution in [2.45, 2.75) is 39.0 Å².